The predicted octanol–water partition coefficient (Wildman–Crippen LogP) is 4.85. The first-order chi connectivity index (χ1) is 12.3. The molecule has 2 N–H and O–H groups in total. The molecule has 1 aromatic carbocycles. The van der Waals surface area contributed by atoms with Gasteiger partial charge in [-0.1, -0.05) is 52.3 Å². The molecule has 1 amide bonds. The van der Waals surface area contributed by atoms with E-state index in [0.29, 0.717) is 5.92 Å². The minimum atomic E-state index is 0.0801. The fourth-order valence-corrected chi connectivity index (χ4v) is 5.82. The number of piperidine rings is 1. The summed E-state index contributed by atoms with van der Waals surface area (Å²) in [5.41, 5.74) is 1.57. The lowest BCUT2D eigenvalue weighted by atomic mass is 9.83. The second-order valence-electron chi connectivity index (χ2n) is 9.08. The summed E-state index contributed by atoms with van der Waals surface area (Å²) in [6.07, 6.45) is 4.67. The Hall–Kier alpha value is -1.39. The third-order valence-electron chi connectivity index (χ3n) is 6.23. The highest BCUT2D eigenvalue weighted by Gasteiger charge is 2.53. The van der Waals surface area contributed by atoms with Crippen molar-refractivity contribution in [2.45, 2.75) is 70.4 Å². The van der Waals surface area contributed by atoms with Crippen LogP contribution in [-0.2, 0) is 5.41 Å². The van der Waals surface area contributed by atoms with Crippen molar-refractivity contribution in [3.63, 3.8) is 0 Å². The van der Waals surface area contributed by atoms with E-state index in [0.717, 1.165) is 24.3 Å². The van der Waals surface area contributed by atoms with Crippen LogP contribution in [0.5, 0.6) is 0 Å². The first-order valence-electron chi connectivity index (χ1n) is 9.93. The van der Waals surface area contributed by atoms with Crippen LogP contribution in [0.1, 0.15) is 68.6 Å². The molecule has 26 heavy (non-hydrogen) atoms. The Morgan fingerprint density at radius 1 is 1.35 bits per heavy atom. The molecule has 1 saturated heterocycles. The standard InChI is InChI=1S/C22H30N2OS/c1-5-14-9-12-23-22(10-11-22)19(14)24-20(25)17-13-15-7-6-8-16(18(15)26-17)21(2,3)4/h6-8,13-14,19,23H,5,9-12H2,1-4H3,(H,24,25). The molecule has 2 atom stereocenters. The third kappa shape index (κ3) is 3.07. The molecule has 1 aliphatic carbocycles. The average molecular weight is 371 g/mol. The van der Waals surface area contributed by atoms with Gasteiger partial charge in [0, 0.05) is 10.2 Å². The van der Waals surface area contributed by atoms with Gasteiger partial charge in [-0.3, -0.25) is 4.79 Å². The third-order valence-corrected chi connectivity index (χ3v) is 7.42. The highest BCUT2D eigenvalue weighted by Crippen LogP contribution is 2.45. The number of hydrogen-bond acceptors (Lipinski definition) is 3. The molecule has 2 fully saturated rings. The Labute approximate surface area is 160 Å². The molecule has 1 spiro atoms. The Balaban J connectivity index is 1.62. The molecule has 2 aliphatic rings. The van der Waals surface area contributed by atoms with Gasteiger partial charge in [0.2, 0.25) is 0 Å². The van der Waals surface area contributed by atoms with E-state index in [9.17, 15) is 4.79 Å². The van der Waals surface area contributed by atoms with Crippen molar-refractivity contribution < 1.29 is 4.79 Å². The summed E-state index contributed by atoms with van der Waals surface area (Å²) < 4.78 is 1.25. The zero-order chi connectivity index (χ0) is 18.5. The van der Waals surface area contributed by atoms with Crippen molar-refractivity contribution in [1.82, 2.24) is 10.6 Å². The molecule has 2 aromatic rings. The summed E-state index contributed by atoms with van der Waals surface area (Å²) in [7, 11) is 0. The molecule has 1 aromatic heterocycles. The molecular weight excluding hydrogens is 340 g/mol. The van der Waals surface area contributed by atoms with Crippen LogP contribution in [0.2, 0.25) is 0 Å². The van der Waals surface area contributed by atoms with Gasteiger partial charge in [-0.25, -0.2) is 0 Å². The van der Waals surface area contributed by atoms with Gasteiger partial charge in [0.15, 0.2) is 0 Å². The van der Waals surface area contributed by atoms with E-state index in [1.807, 2.05) is 0 Å². The molecule has 140 valence electrons. The quantitative estimate of drug-likeness (QED) is 0.811. The average Bonchev–Trinajstić information content (AvgIpc) is 3.22. The highest BCUT2D eigenvalue weighted by molar-refractivity contribution is 7.21. The van der Waals surface area contributed by atoms with Gasteiger partial charge in [-0.2, -0.15) is 0 Å². The van der Waals surface area contributed by atoms with Crippen molar-refractivity contribution in [3.8, 4) is 0 Å². The van der Waals surface area contributed by atoms with Gasteiger partial charge >= 0.3 is 0 Å². The highest BCUT2D eigenvalue weighted by atomic mass is 32.1. The zero-order valence-electron chi connectivity index (χ0n) is 16.3. The number of fused-ring (bicyclic) bond motifs is 1. The molecule has 4 rings (SSSR count). The number of benzene rings is 1. The first-order valence-corrected chi connectivity index (χ1v) is 10.7. The van der Waals surface area contributed by atoms with E-state index in [-0.39, 0.29) is 22.9 Å². The maximum absolute atomic E-state index is 13.1. The molecular formula is C22H30N2OS. The summed E-state index contributed by atoms with van der Waals surface area (Å²) in [5, 5.41) is 8.28. The Morgan fingerprint density at radius 2 is 2.12 bits per heavy atom. The number of carbonyl (C=O) groups is 1. The molecule has 0 bridgehead atoms. The van der Waals surface area contributed by atoms with Crippen molar-refractivity contribution in [2.24, 2.45) is 5.92 Å². The fraction of sp³-hybridized carbons (Fsp3) is 0.591. The summed E-state index contributed by atoms with van der Waals surface area (Å²) >= 11 is 1.64. The lowest BCUT2D eigenvalue weighted by molar-refractivity contribution is 0.0879. The summed E-state index contributed by atoms with van der Waals surface area (Å²) in [4.78, 5) is 13.9. The topological polar surface area (TPSA) is 41.1 Å². The SMILES string of the molecule is CCC1CCNC2(CC2)C1NC(=O)c1cc2cccc(C(C)(C)C)c2s1. The van der Waals surface area contributed by atoms with E-state index >= 15 is 0 Å². The normalized spacial score (nSPS) is 24.8. The second-order valence-corrected chi connectivity index (χ2v) is 10.1. The molecule has 0 radical (unpaired) electrons. The van der Waals surface area contributed by atoms with Crippen molar-refractivity contribution in [1.29, 1.82) is 0 Å². The number of nitrogens with one attached hydrogen (secondary N) is 2. The van der Waals surface area contributed by atoms with E-state index in [2.05, 4.69) is 62.6 Å². The van der Waals surface area contributed by atoms with Crippen LogP contribution in [0.15, 0.2) is 24.3 Å². The van der Waals surface area contributed by atoms with Crippen molar-refractivity contribution in [3.05, 3.63) is 34.7 Å². The fourth-order valence-electron chi connectivity index (χ4n) is 4.53. The second kappa shape index (κ2) is 6.35. The maximum Gasteiger partial charge on any atom is 0.261 e. The summed E-state index contributed by atoms with van der Waals surface area (Å²) in [6.45, 7) is 10.0. The van der Waals surface area contributed by atoms with Crippen LogP contribution in [0, 0.1) is 5.92 Å². The van der Waals surface area contributed by atoms with Gasteiger partial charge in [0.1, 0.15) is 0 Å². The molecule has 4 heteroatoms. The first kappa shape index (κ1) is 18.0. The van der Waals surface area contributed by atoms with Crippen LogP contribution in [0.25, 0.3) is 10.1 Å². The van der Waals surface area contributed by atoms with Gasteiger partial charge in [-0.05, 0) is 54.2 Å². The monoisotopic (exact) mass is 370 g/mol. The Morgan fingerprint density at radius 3 is 2.77 bits per heavy atom. The van der Waals surface area contributed by atoms with Crippen LogP contribution < -0.4 is 10.6 Å². The number of carbonyl (C=O) groups excluding carboxylic acids is 1. The predicted molar refractivity (Wildman–Crippen MR) is 110 cm³/mol. The number of hydrogen-bond donors (Lipinski definition) is 2. The molecule has 1 saturated carbocycles. The number of amides is 1. The van der Waals surface area contributed by atoms with E-state index in [4.69, 9.17) is 0 Å². The maximum atomic E-state index is 13.1. The van der Waals surface area contributed by atoms with Crippen molar-refractivity contribution in [2.75, 3.05) is 6.54 Å². The van der Waals surface area contributed by atoms with Gasteiger partial charge < -0.3 is 10.6 Å². The van der Waals surface area contributed by atoms with E-state index in [1.54, 1.807) is 11.3 Å². The van der Waals surface area contributed by atoms with Crippen LogP contribution in [0.4, 0.5) is 0 Å². The molecule has 2 heterocycles. The van der Waals surface area contributed by atoms with Gasteiger partial charge in [0.25, 0.3) is 5.91 Å². The van der Waals surface area contributed by atoms with E-state index < -0.39 is 0 Å². The molecule has 2 unspecified atom stereocenters. The summed E-state index contributed by atoms with van der Waals surface area (Å²) in [5.74, 6) is 0.687. The van der Waals surface area contributed by atoms with E-state index in [1.165, 1.54) is 28.5 Å². The Bertz CT molecular complexity index is 828. The summed E-state index contributed by atoms with van der Waals surface area (Å²) in [6, 6.07) is 8.76. The van der Waals surface area contributed by atoms with Gasteiger partial charge in [0.05, 0.1) is 10.9 Å². The minimum Gasteiger partial charge on any atom is -0.346 e. The largest absolute Gasteiger partial charge is 0.346 e. The Kier molecular flexibility index (Phi) is 4.39. The zero-order valence-corrected chi connectivity index (χ0v) is 17.1. The lowest BCUT2D eigenvalue weighted by Gasteiger charge is -2.39. The van der Waals surface area contributed by atoms with Crippen LogP contribution >= 0.6 is 11.3 Å². The molecule has 1 aliphatic heterocycles. The molecule has 3 nitrogen and oxygen atoms in total. The smallest absolute Gasteiger partial charge is 0.261 e. The van der Waals surface area contributed by atoms with Crippen LogP contribution in [-0.4, -0.2) is 24.0 Å². The minimum absolute atomic E-state index is 0.0801. The van der Waals surface area contributed by atoms with Gasteiger partial charge in [-0.15, -0.1) is 11.3 Å². The lowest BCUT2D eigenvalue weighted by Crippen LogP contribution is -2.59. The number of rotatable bonds is 3. The van der Waals surface area contributed by atoms with Crippen LogP contribution in [0.3, 0.4) is 0 Å². The number of thiophene rings is 1. The van der Waals surface area contributed by atoms with Crippen molar-refractivity contribution >= 4 is 27.3 Å².